The SMILES string of the molecule is CCCNc1nc(NC(C)(C)CC)nc(N(C)C)n1. The van der Waals surface area contributed by atoms with E-state index in [2.05, 4.69) is 53.3 Å². The van der Waals surface area contributed by atoms with Crippen LogP contribution in [0.25, 0.3) is 0 Å². The first kappa shape index (κ1) is 15.5. The Hall–Kier alpha value is -1.59. The number of hydrogen-bond donors (Lipinski definition) is 2. The highest BCUT2D eigenvalue weighted by Gasteiger charge is 2.17. The number of hydrogen-bond acceptors (Lipinski definition) is 6. The van der Waals surface area contributed by atoms with Crippen LogP contribution in [0.3, 0.4) is 0 Å². The van der Waals surface area contributed by atoms with Crippen LogP contribution in [0.4, 0.5) is 17.8 Å². The third-order valence-electron chi connectivity index (χ3n) is 2.89. The molecule has 1 aromatic heterocycles. The van der Waals surface area contributed by atoms with Crippen molar-refractivity contribution in [1.82, 2.24) is 15.0 Å². The van der Waals surface area contributed by atoms with Gasteiger partial charge in [0.15, 0.2) is 0 Å². The molecule has 0 amide bonds. The van der Waals surface area contributed by atoms with Crippen molar-refractivity contribution in [2.75, 3.05) is 36.2 Å². The summed E-state index contributed by atoms with van der Waals surface area (Å²) >= 11 is 0. The van der Waals surface area contributed by atoms with Crippen LogP contribution in [-0.4, -0.2) is 41.1 Å². The fourth-order valence-corrected chi connectivity index (χ4v) is 1.33. The summed E-state index contributed by atoms with van der Waals surface area (Å²) in [6.07, 6.45) is 2.03. The second-order valence-corrected chi connectivity index (χ2v) is 5.47. The predicted molar refractivity (Wildman–Crippen MR) is 80.9 cm³/mol. The molecule has 0 unspecified atom stereocenters. The van der Waals surface area contributed by atoms with Gasteiger partial charge in [-0.15, -0.1) is 0 Å². The Morgan fingerprint density at radius 3 is 2.21 bits per heavy atom. The highest BCUT2D eigenvalue weighted by Crippen LogP contribution is 2.17. The fourth-order valence-electron chi connectivity index (χ4n) is 1.33. The van der Waals surface area contributed by atoms with E-state index in [0.717, 1.165) is 19.4 Å². The standard InChI is InChI=1S/C13H26N6/c1-7-9-14-10-15-11(18-13(3,4)8-2)17-12(16-10)19(5)6/h7-9H2,1-6H3,(H2,14,15,16,17,18). The molecule has 0 aromatic carbocycles. The maximum atomic E-state index is 4.43. The largest absolute Gasteiger partial charge is 0.354 e. The number of rotatable bonds is 7. The van der Waals surface area contributed by atoms with Gasteiger partial charge in [0, 0.05) is 26.2 Å². The molecule has 0 fully saturated rings. The minimum absolute atomic E-state index is 0.0348. The molecule has 0 aliphatic carbocycles. The van der Waals surface area contributed by atoms with Gasteiger partial charge in [0.1, 0.15) is 0 Å². The van der Waals surface area contributed by atoms with Crippen molar-refractivity contribution in [2.24, 2.45) is 0 Å². The van der Waals surface area contributed by atoms with Gasteiger partial charge in [-0.3, -0.25) is 0 Å². The lowest BCUT2D eigenvalue weighted by Gasteiger charge is -2.25. The summed E-state index contributed by atoms with van der Waals surface area (Å²) in [4.78, 5) is 15.1. The first-order chi connectivity index (χ1) is 8.88. The predicted octanol–water partition coefficient (Wildman–Crippen LogP) is 2.36. The van der Waals surface area contributed by atoms with E-state index in [1.807, 2.05) is 19.0 Å². The lowest BCUT2D eigenvalue weighted by molar-refractivity contribution is 0.541. The molecule has 1 aromatic rings. The van der Waals surface area contributed by atoms with Gasteiger partial charge in [-0.2, -0.15) is 15.0 Å². The topological polar surface area (TPSA) is 66.0 Å². The van der Waals surface area contributed by atoms with E-state index in [1.54, 1.807) is 0 Å². The molecule has 0 atom stereocenters. The zero-order chi connectivity index (χ0) is 14.5. The van der Waals surface area contributed by atoms with E-state index in [9.17, 15) is 0 Å². The van der Waals surface area contributed by atoms with Crippen LogP contribution in [0.15, 0.2) is 0 Å². The van der Waals surface area contributed by atoms with Crippen LogP contribution >= 0.6 is 0 Å². The molecule has 0 aliphatic rings. The molecule has 0 aliphatic heterocycles. The molecule has 6 heteroatoms. The summed E-state index contributed by atoms with van der Waals surface area (Å²) < 4.78 is 0. The van der Waals surface area contributed by atoms with Gasteiger partial charge < -0.3 is 15.5 Å². The normalized spacial score (nSPS) is 11.3. The molecule has 0 spiro atoms. The number of aromatic nitrogens is 3. The molecule has 108 valence electrons. The Bertz CT molecular complexity index is 402. The van der Waals surface area contributed by atoms with E-state index in [4.69, 9.17) is 0 Å². The minimum atomic E-state index is -0.0348. The minimum Gasteiger partial charge on any atom is -0.354 e. The van der Waals surface area contributed by atoms with Crippen LogP contribution in [0.2, 0.25) is 0 Å². The van der Waals surface area contributed by atoms with Crippen LogP contribution in [0.5, 0.6) is 0 Å². The lowest BCUT2D eigenvalue weighted by atomic mass is 10.0. The van der Waals surface area contributed by atoms with Gasteiger partial charge in [0.05, 0.1) is 0 Å². The second kappa shape index (κ2) is 6.54. The Balaban J connectivity index is 2.99. The van der Waals surface area contributed by atoms with Crippen LogP contribution < -0.4 is 15.5 Å². The van der Waals surface area contributed by atoms with Gasteiger partial charge in [-0.25, -0.2) is 0 Å². The smallest absolute Gasteiger partial charge is 0.231 e. The number of nitrogens with zero attached hydrogens (tertiary/aromatic N) is 4. The molecule has 0 saturated heterocycles. The van der Waals surface area contributed by atoms with Gasteiger partial charge in [0.2, 0.25) is 17.8 Å². The van der Waals surface area contributed by atoms with E-state index >= 15 is 0 Å². The van der Waals surface area contributed by atoms with Crippen LogP contribution in [0, 0.1) is 0 Å². The van der Waals surface area contributed by atoms with E-state index in [-0.39, 0.29) is 5.54 Å². The van der Waals surface area contributed by atoms with E-state index in [1.165, 1.54) is 0 Å². The molecule has 0 bridgehead atoms. The van der Waals surface area contributed by atoms with Gasteiger partial charge in [0.25, 0.3) is 0 Å². The van der Waals surface area contributed by atoms with Crippen molar-refractivity contribution >= 4 is 17.8 Å². The molecule has 1 rings (SSSR count). The Labute approximate surface area is 116 Å². The van der Waals surface area contributed by atoms with E-state index < -0.39 is 0 Å². The first-order valence-corrected chi connectivity index (χ1v) is 6.83. The van der Waals surface area contributed by atoms with Crippen molar-refractivity contribution in [2.45, 2.75) is 46.1 Å². The molecule has 0 saturated carbocycles. The molecule has 1 heterocycles. The quantitative estimate of drug-likeness (QED) is 0.790. The Kier molecular flexibility index (Phi) is 5.32. The first-order valence-electron chi connectivity index (χ1n) is 6.83. The highest BCUT2D eigenvalue weighted by atomic mass is 15.3. The van der Waals surface area contributed by atoms with Crippen LogP contribution in [-0.2, 0) is 0 Å². The Morgan fingerprint density at radius 1 is 1.05 bits per heavy atom. The molecule has 19 heavy (non-hydrogen) atoms. The van der Waals surface area contributed by atoms with Crippen molar-refractivity contribution < 1.29 is 0 Å². The number of anilines is 3. The third-order valence-corrected chi connectivity index (χ3v) is 2.89. The van der Waals surface area contributed by atoms with Gasteiger partial charge in [-0.1, -0.05) is 13.8 Å². The maximum absolute atomic E-state index is 4.43. The summed E-state index contributed by atoms with van der Waals surface area (Å²) in [7, 11) is 3.85. The summed E-state index contributed by atoms with van der Waals surface area (Å²) in [6, 6.07) is 0. The zero-order valence-electron chi connectivity index (χ0n) is 12.9. The summed E-state index contributed by atoms with van der Waals surface area (Å²) in [6.45, 7) is 9.36. The van der Waals surface area contributed by atoms with Crippen LogP contribution in [0.1, 0.15) is 40.5 Å². The molecule has 6 nitrogen and oxygen atoms in total. The van der Waals surface area contributed by atoms with Crippen molar-refractivity contribution in [3.63, 3.8) is 0 Å². The molecule has 0 radical (unpaired) electrons. The third kappa shape index (κ3) is 4.89. The van der Waals surface area contributed by atoms with Crippen molar-refractivity contribution in [3.05, 3.63) is 0 Å². The van der Waals surface area contributed by atoms with Gasteiger partial charge >= 0.3 is 0 Å². The van der Waals surface area contributed by atoms with Gasteiger partial charge in [-0.05, 0) is 26.7 Å². The molecular weight excluding hydrogens is 240 g/mol. The summed E-state index contributed by atoms with van der Waals surface area (Å²) in [5.41, 5.74) is -0.0348. The average Bonchev–Trinajstić information content (AvgIpc) is 2.35. The number of nitrogens with one attached hydrogen (secondary N) is 2. The highest BCUT2D eigenvalue weighted by molar-refractivity contribution is 5.43. The average molecular weight is 266 g/mol. The maximum Gasteiger partial charge on any atom is 0.231 e. The summed E-state index contributed by atoms with van der Waals surface area (Å²) in [5.74, 6) is 1.89. The fraction of sp³-hybridized carbons (Fsp3) is 0.769. The van der Waals surface area contributed by atoms with E-state index in [0.29, 0.717) is 17.8 Å². The van der Waals surface area contributed by atoms with Crippen molar-refractivity contribution in [3.8, 4) is 0 Å². The summed E-state index contributed by atoms with van der Waals surface area (Å²) in [5, 5.41) is 6.56. The van der Waals surface area contributed by atoms with Crippen molar-refractivity contribution in [1.29, 1.82) is 0 Å². The molecule has 2 N–H and O–H groups in total. The second-order valence-electron chi connectivity index (χ2n) is 5.47. The monoisotopic (exact) mass is 266 g/mol. The molecular formula is C13H26N6. The lowest BCUT2D eigenvalue weighted by Crippen LogP contribution is -2.31. The zero-order valence-corrected chi connectivity index (χ0v) is 12.9. The Morgan fingerprint density at radius 2 is 1.68 bits per heavy atom.